The van der Waals surface area contributed by atoms with Crippen LogP contribution in [0.25, 0.3) is 88.1 Å². The Morgan fingerprint density at radius 1 is 0.447 bits per heavy atom. The molecule has 0 amide bonds. The number of hydrogen-bond donors (Lipinski definition) is 0. The van der Waals surface area contributed by atoms with Gasteiger partial charge in [0.05, 0.1) is 45.1 Å². The summed E-state index contributed by atoms with van der Waals surface area (Å²) in [6, 6.07) is 55.4. The lowest BCUT2D eigenvalue weighted by Gasteiger charge is -2.18. The van der Waals surface area contributed by atoms with Gasteiger partial charge in [0.2, 0.25) is 0 Å². The molecule has 10 aromatic rings. The van der Waals surface area contributed by atoms with Gasteiger partial charge in [-0.3, -0.25) is 0 Å². The van der Waals surface area contributed by atoms with E-state index in [9.17, 15) is 5.26 Å². The van der Waals surface area contributed by atoms with Gasteiger partial charge in [-0.2, -0.15) is 5.26 Å². The summed E-state index contributed by atoms with van der Waals surface area (Å²) >= 11 is 0. The van der Waals surface area contributed by atoms with Crippen molar-refractivity contribution in [2.45, 2.75) is 0 Å². The highest BCUT2D eigenvalue weighted by Gasteiger charge is 2.22. The van der Waals surface area contributed by atoms with Gasteiger partial charge in [0.1, 0.15) is 5.58 Å². The molecular weight excluding hydrogens is 574 g/mol. The highest BCUT2D eigenvalue weighted by Crippen LogP contribution is 2.43. The fourth-order valence-corrected chi connectivity index (χ4v) is 7.58. The zero-order chi connectivity index (χ0) is 31.1. The van der Waals surface area contributed by atoms with Gasteiger partial charge < -0.3 is 13.6 Å². The number of nitrogens with zero attached hydrogens (tertiary/aromatic N) is 3. The summed E-state index contributed by atoms with van der Waals surface area (Å²) in [6.45, 7) is 0. The van der Waals surface area contributed by atoms with Crippen LogP contribution in [0.15, 0.2) is 156 Å². The third-order valence-electron chi connectivity index (χ3n) is 9.56. The first-order valence-electron chi connectivity index (χ1n) is 15.8. The minimum atomic E-state index is 0.655. The molecule has 0 aliphatic carbocycles. The molecule has 0 saturated carbocycles. The summed E-state index contributed by atoms with van der Waals surface area (Å²) in [6.07, 6.45) is 0. The van der Waals surface area contributed by atoms with Gasteiger partial charge in [-0.05, 0) is 54.6 Å². The number of hydrogen-bond acceptors (Lipinski definition) is 2. The molecule has 0 N–H and O–H groups in total. The molecule has 3 heterocycles. The van der Waals surface area contributed by atoms with E-state index >= 15 is 0 Å². The Morgan fingerprint density at radius 2 is 1.00 bits per heavy atom. The molecule has 0 radical (unpaired) electrons. The van der Waals surface area contributed by atoms with Crippen molar-refractivity contribution in [3.63, 3.8) is 0 Å². The number of rotatable bonds is 3. The maximum atomic E-state index is 9.70. The van der Waals surface area contributed by atoms with Crippen LogP contribution in [0.1, 0.15) is 5.56 Å². The van der Waals surface area contributed by atoms with Crippen molar-refractivity contribution in [1.29, 1.82) is 5.26 Å². The zero-order valence-electron chi connectivity index (χ0n) is 25.2. The average Bonchev–Trinajstić information content (AvgIpc) is 3.79. The van der Waals surface area contributed by atoms with E-state index in [2.05, 4.69) is 143 Å². The predicted octanol–water partition coefficient (Wildman–Crippen LogP) is 11.3. The van der Waals surface area contributed by atoms with E-state index in [1.54, 1.807) is 0 Å². The average molecular weight is 600 g/mol. The van der Waals surface area contributed by atoms with Crippen LogP contribution in [0.2, 0.25) is 0 Å². The molecule has 0 unspecified atom stereocenters. The van der Waals surface area contributed by atoms with Crippen LogP contribution in [-0.4, -0.2) is 9.13 Å². The standard InChI is InChI=1S/C43H25N3O/c44-26-27-21-24-40-35(25-27)31-14-4-7-17-37(31)45(40)36-16-6-1-11-28(36)29-12-2-8-18-38(29)46-39-19-9-3-13-30(39)33-22-23-34-32-15-5-10-20-41(32)47-43(34)42(33)46/h1-25H. The lowest BCUT2D eigenvalue weighted by molar-refractivity contribution is 0.671. The predicted molar refractivity (Wildman–Crippen MR) is 193 cm³/mol. The Bertz CT molecular complexity index is 2930. The van der Waals surface area contributed by atoms with Crippen molar-refractivity contribution in [1.82, 2.24) is 9.13 Å². The van der Waals surface area contributed by atoms with Crippen molar-refractivity contribution >= 4 is 65.6 Å². The van der Waals surface area contributed by atoms with Gasteiger partial charge in [0.25, 0.3) is 0 Å². The van der Waals surface area contributed by atoms with Crippen molar-refractivity contribution in [2.75, 3.05) is 0 Å². The van der Waals surface area contributed by atoms with E-state index in [-0.39, 0.29) is 0 Å². The Hall–Kier alpha value is -6.57. The molecule has 0 atom stereocenters. The van der Waals surface area contributed by atoms with Gasteiger partial charge in [-0.25, -0.2) is 0 Å². The highest BCUT2D eigenvalue weighted by molar-refractivity contribution is 6.21. The normalized spacial score (nSPS) is 11.8. The summed E-state index contributed by atoms with van der Waals surface area (Å²) in [7, 11) is 0. The lowest BCUT2D eigenvalue weighted by atomic mass is 10.0. The first kappa shape index (κ1) is 25.7. The van der Waals surface area contributed by atoms with Gasteiger partial charge in [0.15, 0.2) is 5.58 Å². The second-order valence-electron chi connectivity index (χ2n) is 12.0. The molecule has 0 saturated heterocycles. The van der Waals surface area contributed by atoms with Gasteiger partial charge in [0, 0.05) is 43.4 Å². The van der Waals surface area contributed by atoms with E-state index in [4.69, 9.17) is 4.42 Å². The van der Waals surface area contributed by atoms with Gasteiger partial charge >= 0.3 is 0 Å². The van der Waals surface area contributed by atoms with Crippen LogP contribution < -0.4 is 0 Å². The molecule has 0 aliphatic rings. The van der Waals surface area contributed by atoms with E-state index < -0.39 is 0 Å². The van der Waals surface area contributed by atoms with Crippen LogP contribution in [0.4, 0.5) is 0 Å². The largest absolute Gasteiger partial charge is 0.454 e. The minimum Gasteiger partial charge on any atom is -0.454 e. The number of benzene rings is 7. The molecule has 0 bridgehead atoms. The maximum absolute atomic E-state index is 9.70. The molecule has 10 rings (SSSR count). The first-order valence-corrected chi connectivity index (χ1v) is 15.8. The van der Waals surface area contributed by atoms with Crippen molar-refractivity contribution in [3.8, 4) is 28.6 Å². The molecule has 0 spiro atoms. The number of nitriles is 1. The van der Waals surface area contributed by atoms with Crippen molar-refractivity contribution in [2.24, 2.45) is 0 Å². The molecule has 7 aromatic carbocycles. The van der Waals surface area contributed by atoms with Crippen LogP contribution in [0, 0.1) is 11.3 Å². The molecule has 4 nitrogen and oxygen atoms in total. The SMILES string of the molecule is N#Cc1ccc2c(c1)c1ccccc1n2-c1ccccc1-c1ccccc1-n1c2ccccc2c2ccc3c4ccccc4oc3c21. The van der Waals surface area contributed by atoms with Crippen LogP contribution >= 0.6 is 0 Å². The van der Waals surface area contributed by atoms with Crippen molar-refractivity contribution < 1.29 is 4.42 Å². The van der Waals surface area contributed by atoms with Crippen molar-refractivity contribution in [3.05, 3.63) is 157 Å². The monoisotopic (exact) mass is 599 g/mol. The Labute approximate surface area is 269 Å². The van der Waals surface area contributed by atoms with Crippen LogP contribution in [0.3, 0.4) is 0 Å². The Kier molecular flexibility index (Phi) is 5.32. The van der Waals surface area contributed by atoms with E-state index in [1.807, 2.05) is 24.3 Å². The molecule has 0 fully saturated rings. The number of furan rings is 1. The Balaban J connectivity index is 1.31. The molecule has 218 valence electrons. The minimum absolute atomic E-state index is 0.655. The van der Waals surface area contributed by atoms with Gasteiger partial charge in [-0.1, -0.05) is 97.1 Å². The van der Waals surface area contributed by atoms with E-state index in [0.29, 0.717) is 5.56 Å². The third-order valence-corrected chi connectivity index (χ3v) is 9.56. The van der Waals surface area contributed by atoms with E-state index in [0.717, 1.165) is 82.7 Å². The number of fused-ring (bicyclic) bond motifs is 10. The second kappa shape index (κ2) is 9.71. The topological polar surface area (TPSA) is 46.8 Å². The lowest BCUT2D eigenvalue weighted by Crippen LogP contribution is -2.01. The van der Waals surface area contributed by atoms with Crippen LogP contribution in [0.5, 0.6) is 0 Å². The number of para-hydroxylation sites is 5. The van der Waals surface area contributed by atoms with Crippen LogP contribution in [-0.2, 0) is 0 Å². The summed E-state index contributed by atoms with van der Waals surface area (Å²) < 4.78 is 11.4. The fraction of sp³-hybridized carbons (Fsp3) is 0. The first-order chi connectivity index (χ1) is 23.3. The quantitative estimate of drug-likeness (QED) is 0.203. The summed E-state index contributed by atoms with van der Waals surface area (Å²) in [5.41, 5.74) is 11.2. The van der Waals surface area contributed by atoms with E-state index in [1.165, 1.54) is 5.39 Å². The molecule has 47 heavy (non-hydrogen) atoms. The second-order valence-corrected chi connectivity index (χ2v) is 12.0. The zero-order valence-corrected chi connectivity index (χ0v) is 25.2. The maximum Gasteiger partial charge on any atom is 0.160 e. The third kappa shape index (κ3) is 3.57. The van der Waals surface area contributed by atoms with Gasteiger partial charge in [-0.15, -0.1) is 0 Å². The highest BCUT2D eigenvalue weighted by atomic mass is 16.3. The fourth-order valence-electron chi connectivity index (χ4n) is 7.58. The summed E-state index contributed by atoms with van der Waals surface area (Å²) in [5.74, 6) is 0. The number of aromatic nitrogens is 2. The summed E-state index contributed by atoms with van der Waals surface area (Å²) in [5, 5.41) is 16.5. The summed E-state index contributed by atoms with van der Waals surface area (Å²) in [4.78, 5) is 0. The molecule has 4 heteroatoms. The molecular formula is C43H25N3O. The molecule has 0 aliphatic heterocycles. The molecule has 3 aromatic heterocycles. The smallest absolute Gasteiger partial charge is 0.160 e. The Morgan fingerprint density at radius 3 is 1.74 bits per heavy atom.